The van der Waals surface area contributed by atoms with Crippen LogP contribution in [0, 0.1) is 11.6 Å². The molecule has 1 heterocycles. The zero-order valence-corrected chi connectivity index (χ0v) is 9.71. The maximum atomic E-state index is 13.2. The van der Waals surface area contributed by atoms with Crippen LogP contribution in [-0.4, -0.2) is 25.2 Å². The van der Waals surface area contributed by atoms with Crippen LogP contribution in [0.15, 0.2) is 18.2 Å². The maximum Gasteiger partial charge on any atom is 0.412 e. The van der Waals surface area contributed by atoms with Gasteiger partial charge in [-0.2, -0.15) is 0 Å². The van der Waals surface area contributed by atoms with Crippen LogP contribution in [-0.2, 0) is 0 Å². The molecule has 0 unspecified atom stereocenters. The third kappa shape index (κ3) is 3.40. The molecule has 1 aromatic carbocycles. The molecule has 98 valence electrons. The van der Waals surface area contributed by atoms with Gasteiger partial charge in [0.2, 0.25) is 0 Å². The number of benzene rings is 1. The van der Waals surface area contributed by atoms with E-state index in [0.717, 1.165) is 38.1 Å². The first-order valence-electron chi connectivity index (χ1n) is 5.79. The van der Waals surface area contributed by atoms with Crippen molar-refractivity contribution in [1.82, 2.24) is 10.6 Å². The van der Waals surface area contributed by atoms with Gasteiger partial charge >= 0.3 is 6.09 Å². The molecule has 0 spiro atoms. The molecule has 1 aromatic rings. The lowest BCUT2D eigenvalue weighted by Crippen LogP contribution is -2.43. The Labute approximate surface area is 103 Å². The van der Waals surface area contributed by atoms with Gasteiger partial charge < -0.3 is 15.4 Å². The number of hydrogen-bond donors (Lipinski definition) is 2. The van der Waals surface area contributed by atoms with Gasteiger partial charge in [0, 0.05) is 12.1 Å². The minimum absolute atomic E-state index is 0.0299. The highest BCUT2D eigenvalue weighted by Gasteiger charge is 2.17. The summed E-state index contributed by atoms with van der Waals surface area (Å²) in [4.78, 5) is 11.5. The number of carbonyl (C=O) groups excluding carboxylic acids is 1. The minimum atomic E-state index is -0.893. The van der Waals surface area contributed by atoms with Crippen molar-refractivity contribution >= 4 is 6.09 Å². The van der Waals surface area contributed by atoms with E-state index in [-0.39, 0.29) is 11.8 Å². The average Bonchev–Trinajstić information content (AvgIpc) is 2.34. The Balaban J connectivity index is 1.90. The van der Waals surface area contributed by atoms with Crippen LogP contribution in [0.4, 0.5) is 13.6 Å². The van der Waals surface area contributed by atoms with Crippen molar-refractivity contribution in [2.24, 2.45) is 0 Å². The summed E-state index contributed by atoms with van der Waals surface area (Å²) in [7, 11) is 0. The molecule has 0 radical (unpaired) electrons. The standard InChI is InChI=1S/C12H14F2N2O2/c13-8-1-2-11(10(14)7-8)18-12(17)16-9-3-5-15-6-4-9/h1-2,7,9,15H,3-6H2,(H,16,17). The van der Waals surface area contributed by atoms with Crippen LogP contribution in [0.5, 0.6) is 5.75 Å². The van der Waals surface area contributed by atoms with Gasteiger partial charge in [0.25, 0.3) is 0 Å². The molecule has 1 aliphatic heterocycles. The molecule has 6 heteroatoms. The van der Waals surface area contributed by atoms with E-state index in [0.29, 0.717) is 6.07 Å². The summed E-state index contributed by atoms with van der Waals surface area (Å²) in [6.45, 7) is 1.66. The second-order valence-electron chi connectivity index (χ2n) is 4.13. The van der Waals surface area contributed by atoms with Crippen molar-refractivity contribution in [1.29, 1.82) is 0 Å². The van der Waals surface area contributed by atoms with E-state index in [2.05, 4.69) is 10.6 Å². The number of rotatable bonds is 2. The zero-order valence-electron chi connectivity index (χ0n) is 9.71. The number of halogens is 2. The third-order valence-corrected chi connectivity index (χ3v) is 2.76. The summed E-state index contributed by atoms with van der Waals surface area (Å²) in [5.74, 6) is -1.88. The molecule has 0 bridgehead atoms. The van der Waals surface area contributed by atoms with Gasteiger partial charge in [-0.05, 0) is 38.1 Å². The lowest BCUT2D eigenvalue weighted by Gasteiger charge is -2.23. The van der Waals surface area contributed by atoms with E-state index in [1.54, 1.807) is 0 Å². The number of amides is 1. The van der Waals surface area contributed by atoms with Crippen LogP contribution in [0.1, 0.15) is 12.8 Å². The molecule has 0 aliphatic carbocycles. The molecular formula is C12H14F2N2O2. The molecule has 1 fully saturated rings. The molecule has 1 amide bonds. The number of piperidine rings is 1. The number of carbonyl (C=O) groups is 1. The van der Waals surface area contributed by atoms with Gasteiger partial charge in [0.05, 0.1) is 0 Å². The second-order valence-corrected chi connectivity index (χ2v) is 4.13. The van der Waals surface area contributed by atoms with Crippen LogP contribution in [0.25, 0.3) is 0 Å². The fourth-order valence-electron chi connectivity index (χ4n) is 1.82. The van der Waals surface area contributed by atoms with Crippen LogP contribution in [0.2, 0.25) is 0 Å². The smallest absolute Gasteiger partial charge is 0.407 e. The Morgan fingerprint density at radius 3 is 2.72 bits per heavy atom. The maximum absolute atomic E-state index is 13.2. The van der Waals surface area contributed by atoms with E-state index in [4.69, 9.17) is 4.74 Å². The number of hydrogen-bond acceptors (Lipinski definition) is 3. The highest BCUT2D eigenvalue weighted by atomic mass is 19.1. The van der Waals surface area contributed by atoms with Crippen LogP contribution < -0.4 is 15.4 Å². The van der Waals surface area contributed by atoms with Crippen molar-refractivity contribution in [3.05, 3.63) is 29.8 Å². The average molecular weight is 256 g/mol. The first-order valence-corrected chi connectivity index (χ1v) is 5.79. The normalized spacial score (nSPS) is 16.3. The largest absolute Gasteiger partial charge is 0.412 e. The van der Waals surface area contributed by atoms with Gasteiger partial charge in [0.15, 0.2) is 11.6 Å². The summed E-state index contributed by atoms with van der Waals surface area (Å²) in [5.41, 5.74) is 0. The van der Waals surface area contributed by atoms with E-state index in [1.165, 1.54) is 0 Å². The molecule has 0 aromatic heterocycles. The molecule has 2 N–H and O–H groups in total. The van der Waals surface area contributed by atoms with Crippen molar-refractivity contribution in [2.75, 3.05) is 13.1 Å². The summed E-state index contributed by atoms with van der Waals surface area (Å²) < 4.78 is 30.7. The van der Waals surface area contributed by atoms with Crippen molar-refractivity contribution in [3.8, 4) is 5.75 Å². The second kappa shape index (κ2) is 5.77. The summed E-state index contributed by atoms with van der Waals surface area (Å²) in [6.07, 6.45) is 0.898. The Kier molecular flexibility index (Phi) is 4.09. The van der Waals surface area contributed by atoms with Crippen LogP contribution in [0.3, 0.4) is 0 Å². The van der Waals surface area contributed by atoms with Gasteiger partial charge in [-0.25, -0.2) is 13.6 Å². The zero-order chi connectivity index (χ0) is 13.0. The molecule has 0 atom stereocenters. The predicted molar refractivity (Wildman–Crippen MR) is 61.4 cm³/mol. The molecule has 2 rings (SSSR count). The molecule has 0 saturated carbocycles. The van der Waals surface area contributed by atoms with E-state index < -0.39 is 17.7 Å². The number of nitrogens with one attached hydrogen (secondary N) is 2. The quantitative estimate of drug-likeness (QED) is 0.848. The Hall–Kier alpha value is -1.69. The highest BCUT2D eigenvalue weighted by Crippen LogP contribution is 2.17. The van der Waals surface area contributed by atoms with Crippen molar-refractivity contribution in [3.63, 3.8) is 0 Å². The Morgan fingerprint density at radius 1 is 1.33 bits per heavy atom. The Morgan fingerprint density at radius 2 is 2.06 bits per heavy atom. The van der Waals surface area contributed by atoms with Crippen molar-refractivity contribution < 1.29 is 18.3 Å². The fraction of sp³-hybridized carbons (Fsp3) is 0.417. The van der Waals surface area contributed by atoms with Gasteiger partial charge in [-0.15, -0.1) is 0 Å². The first kappa shape index (κ1) is 12.8. The summed E-state index contributed by atoms with van der Waals surface area (Å²) in [5, 5.41) is 5.81. The summed E-state index contributed by atoms with van der Waals surface area (Å²) in [6, 6.07) is 2.83. The van der Waals surface area contributed by atoms with Gasteiger partial charge in [-0.3, -0.25) is 0 Å². The first-order chi connectivity index (χ1) is 8.65. The minimum Gasteiger partial charge on any atom is -0.407 e. The van der Waals surface area contributed by atoms with E-state index >= 15 is 0 Å². The van der Waals surface area contributed by atoms with Crippen LogP contribution >= 0.6 is 0 Å². The van der Waals surface area contributed by atoms with Gasteiger partial charge in [0.1, 0.15) is 5.82 Å². The Bertz CT molecular complexity index is 434. The topological polar surface area (TPSA) is 50.4 Å². The molecule has 1 aliphatic rings. The lowest BCUT2D eigenvalue weighted by atomic mass is 10.1. The lowest BCUT2D eigenvalue weighted by molar-refractivity contribution is 0.190. The van der Waals surface area contributed by atoms with E-state index in [1.807, 2.05) is 0 Å². The fourth-order valence-corrected chi connectivity index (χ4v) is 1.82. The molecule has 4 nitrogen and oxygen atoms in total. The number of ether oxygens (including phenoxy) is 1. The summed E-state index contributed by atoms with van der Waals surface area (Å²) >= 11 is 0. The predicted octanol–water partition coefficient (Wildman–Crippen LogP) is 1.81. The van der Waals surface area contributed by atoms with E-state index in [9.17, 15) is 13.6 Å². The highest BCUT2D eigenvalue weighted by molar-refractivity contribution is 5.70. The van der Waals surface area contributed by atoms with Crippen molar-refractivity contribution in [2.45, 2.75) is 18.9 Å². The third-order valence-electron chi connectivity index (χ3n) is 2.76. The molecule has 1 saturated heterocycles. The van der Waals surface area contributed by atoms with Gasteiger partial charge in [-0.1, -0.05) is 0 Å². The monoisotopic (exact) mass is 256 g/mol. The molecule has 18 heavy (non-hydrogen) atoms. The SMILES string of the molecule is O=C(NC1CCNCC1)Oc1ccc(F)cc1F. The molecular weight excluding hydrogens is 242 g/mol.